The number of hydrogen-bond acceptors (Lipinski definition) is 4. The summed E-state index contributed by atoms with van der Waals surface area (Å²) in [5, 5.41) is 3.24. The molecule has 5 nitrogen and oxygen atoms in total. The predicted octanol–water partition coefficient (Wildman–Crippen LogP) is 6.67. The Labute approximate surface area is 226 Å². The predicted molar refractivity (Wildman–Crippen MR) is 146 cm³/mol. The third kappa shape index (κ3) is 6.23. The highest BCUT2D eigenvalue weighted by atomic mass is 35.5. The number of nitrogens with zero attached hydrogens (tertiary/aromatic N) is 2. The van der Waals surface area contributed by atoms with Crippen LogP contribution in [0.1, 0.15) is 46.3 Å². The van der Waals surface area contributed by atoms with E-state index in [4.69, 9.17) is 27.9 Å². The van der Waals surface area contributed by atoms with E-state index in [1.54, 1.807) is 40.5 Å². The van der Waals surface area contributed by atoms with Crippen LogP contribution in [0.3, 0.4) is 0 Å². The van der Waals surface area contributed by atoms with E-state index in [0.717, 1.165) is 17.5 Å². The van der Waals surface area contributed by atoms with Crippen molar-refractivity contribution in [2.24, 2.45) is 5.92 Å². The molecular formula is C28H30Cl2N2O3S. The number of halogens is 2. The summed E-state index contributed by atoms with van der Waals surface area (Å²) in [5.41, 5.74) is 2.53. The first-order chi connectivity index (χ1) is 17.2. The first-order valence-corrected chi connectivity index (χ1v) is 13.7. The van der Waals surface area contributed by atoms with Gasteiger partial charge in [-0.3, -0.25) is 9.59 Å². The van der Waals surface area contributed by atoms with Crippen molar-refractivity contribution in [3.63, 3.8) is 0 Å². The van der Waals surface area contributed by atoms with Gasteiger partial charge in [0, 0.05) is 33.6 Å². The SMILES string of the molecule is Cc1cc(OCC2c3ccsc3CCN2C(=O)CN(CC(C)C)C(=O)c2cccc(Cl)c2)ccc1Cl. The minimum Gasteiger partial charge on any atom is -0.491 e. The van der Waals surface area contributed by atoms with E-state index in [-0.39, 0.29) is 30.3 Å². The first kappa shape index (κ1) is 26.5. The molecule has 3 aromatic rings. The molecule has 36 heavy (non-hydrogen) atoms. The summed E-state index contributed by atoms with van der Waals surface area (Å²) < 4.78 is 6.14. The lowest BCUT2D eigenvalue weighted by atomic mass is 10.00. The summed E-state index contributed by atoms with van der Waals surface area (Å²) >= 11 is 14.0. The van der Waals surface area contributed by atoms with Gasteiger partial charge in [-0.25, -0.2) is 0 Å². The lowest BCUT2D eigenvalue weighted by Gasteiger charge is -2.37. The molecule has 0 saturated carbocycles. The molecule has 4 rings (SSSR count). The molecule has 2 aromatic carbocycles. The van der Waals surface area contributed by atoms with Crippen molar-refractivity contribution in [1.29, 1.82) is 0 Å². The molecule has 0 fully saturated rings. The second kappa shape index (κ2) is 11.7. The molecule has 1 aliphatic rings. The fraction of sp³-hybridized carbons (Fsp3) is 0.357. The molecule has 1 aromatic heterocycles. The van der Waals surface area contributed by atoms with Gasteiger partial charge >= 0.3 is 0 Å². The van der Waals surface area contributed by atoms with Gasteiger partial charge in [0.1, 0.15) is 18.9 Å². The third-order valence-electron chi connectivity index (χ3n) is 6.22. The van der Waals surface area contributed by atoms with Gasteiger partial charge in [0.25, 0.3) is 5.91 Å². The standard InChI is InChI=1S/C28H30Cl2N2O3S/c1-18(2)15-31(28(34)20-5-4-6-21(29)14-20)16-27(33)32-11-9-26-23(10-12-36-26)25(32)17-35-22-7-8-24(30)19(3)13-22/h4-8,10,12-14,18,25H,9,11,15-17H2,1-3H3. The van der Waals surface area contributed by atoms with E-state index in [0.29, 0.717) is 41.1 Å². The molecule has 0 saturated heterocycles. The molecule has 1 aliphatic heterocycles. The van der Waals surface area contributed by atoms with Crippen LogP contribution >= 0.6 is 34.5 Å². The maximum absolute atomic E-state index is 13.7. The molecule has 1 unspecified atom stereocenters. The topological polar surface area (TPSA) is 49.9 Å². The van der Waals surface area contributed by atoms with Gasteiger partial charge in [-0.05, 0) is 78.2 Å². The lowest BCUT2D eigenvalue weighted by Crippen LogP contribution is -2.48. The van der Waals surface area contributed by atoms with Crippen molar-refractivity contribution in [2.75, 3.05) is 26.2 Å². The fourth-order valence-corrected chi connectivity index (χ4v) is 5.71. The Bertz CT molecular complexity index is 1240. The maximum Gasteiger partial charge on any atom is 0.254 e. The Morgan fingerprint density at radius 1 is 1.17 bits per heavy atom. The van der Waals surface area contributed by atoms with Gasteiger partial charge in [-0.2, -0.15) is 0 Å². The molecule has 0 bridgehead atoms. The number of carbonyl (C=O) groups excluding carboxylic acids is 2. The average Bonchev–Trinajstić information content (AvgIpc) is 3.32. The molecule has 0 aliphatic carbocycles. The Kier molecular flexibility index (Phi) is 8.60. The van der Waals surface area contributed by atoms with Gasteiger partial charge in [0.15, 0.2) is 0 Å². The highest BCUT2D eigenvalue weighted by molar-refractivity contribution is 7.10. The highest BCUT2D eigenvalue weighted by Crippen LogP contribution is 2.34. The van der Waals surface area contributed by atoms with E-state index in [2.05, 4.69) is 11.4 Å². The number of fused-ring (bicyclic) bond motifs is 1. The largest absolute Gasteiger partial charge is 0.491 e. The van der Waals surface area contributed by atoms with Gasteiger partial charge < -0.3 is 14.5 Å². The molecule has 190 valence electrons. The van der Waals surface area contributed by atoms with Crippen LogP contribution in [-0.4, -0.2) is 47.9 Å². The van der Waals surface area contributed by atoms with Crippen molar-refractivity contribution in [2.45, 2.75) is 33.2 Å². The van der Waals surface area contributed by atoms with Gasteiger partial charge in [-0.1, -0.05) is 43.1 Å². The Balaban J connectivity index is 1.54. The van der Waals surface area contributed by atoms with Gasteiger partial charge in [-0.15, -0.1) is 11.3 Å². The van der Waals surface area contributed by atoms with Crippen molar-refractivity contribution in [3.8, 4) is 5.75 Å². The van der Waals surface area contributed by atoms with Gasteiger partial charge in [0.2, 0.25) is 5.91 Å². The Morgan fingerprint density at radius 2 is 1.97 bits per heavy atom. The fourth-order valence-electron chi connectivity index (χ4n) is 4.47. The number of benzene rings is 2. The Hall–Kier alpha value is -2.54. The zero-order valence-corrected chi connectivity index (χ0v) is 23.0. The van der Waals surface area contributed by atoms with Crippen LogP contribution in [0, 0.1) is 12.8 Å². The number of ether oxygens (including phenoxy) is 1. The summed E-state index contributed by atoms with van der Waals surface area (Å²) in [6.45, 7) is 7.38. The minimum absolute atomic E-state index is 0.000446. The number of thiophene rings is 1. The van der Waals surface area contributed by atoms with E-state index < -0.39 is 0 Å². The van der Waals surface area contributed by atoms with Crippen LogP contribution in [0.5, 0.6) is 5.75 Å². The molecular weight excluding hydrogens is 515 g/mol. The summed E-state index contributed by atoms with van der Waals surface area (Å²) in [5.74, 6) is 0.628. The first-order valence-electron chi connectivity index (χ1n) is 12.0. The summed E-state index contributed by atoms with van der Waals surface area (Å²) in [6, 6.07) is 14.3. The van der Waals surface area contributed by atoms with E-state index in [1.807, 2.05) is 43.9 Å². The van der Waals surface area contributed by atoms with Crippen LogP contribution in [0.4, 0.5) is 0 Å². The molecule has 0 radical (unpaired) electrons. The zero-order valence-electron chi connectivity index (χ0n) is 20.7. The average molecular weight is 546 g/mol. The maximum atomic E-state index is 13.7. The van der Waals surface area contributed by atoms with Crippen molar-refractivity contribution in [3.05, 3.63) is 85.5 Å². The highest BCUT2D eigenvalue weighted by Gasteiger charge is 2.34. The molecule has 8 heteroatoms. The van der Waals surface area contributed by atoms with Gasteiger partial charge in [0.05, 0.1) is 6.04 Å². The number of carbonyl (C=O) groups is 2. The quantitative estimate of drug-likeness (QED) is 0.318. The number of rotatable bonds is 8. The third-order valence-corrected chi connectivity index (χ3v) is 7.88. The Morgan fingerprint density at radius 3 is 2.69 bits per heavy atom. The monoisotopic (exact) mass is 544 g/mol. The number of aryl methyl sites for hydroxylation is 1. The van der Waals surface area contributed by atoms with Crippen LogP contribution in [0.15, 0.2) is 53.9 Å². The lowest BCUT2D eigenvalue weighted by molar-refractivity contribution is -0.135. The van der Waals surface area contributed by atoms with Crippen molar-refractivity contribution >= 4 is 46.4 Å². The molecule has 0 spiro atoms. The normalized spacial score (nSPS) is 15.1. The van der Waals surface area contributed by atoms with Crippen molar-refractivity contribution < 1.29 is 14.3 Å². The second-order valence-corrected chi connectivity index (χ2v) is 11.3. The smallest absolute Gasteiger partial charge is 0.254 e. The summed E-state index contributed by atoms with van der Waals surface area (Å²) in [4.78, 5) is 31.8. The zero-order chi connectivity index (χ0) is 25.8. The second-order valence-electron chi connectivity index (χ2n) is 9.46. The molecule has 1 atom stereocenters. The molecule has 0 N–H and O–H groups in total. The summed E-state index contributed by atoms with van der Waals surface area (Å²) in [7, 11) is 0. The number of amides is 2. The van der Waals surface area contributed by atoms with Crippen LogP contribution in [-0.2, 0) is 11.2 Å². The van der Waals surface area contributed by atoms with Crippen LogP contribution in [0.2, 0.25) is 10.0 Å². The van der Waals surface area contributed by atoms with Crippen molar-refractivity contribution in [1.82, 2.24) is 9.80 Å². The van der Waals surface area contributed by atoms with Crippen LogP contribution in [0.25, 0.3) is 0 Å². The van der Waals surface area contributed by atoms with E-state index in [1.165, 1.54) is 4.88 Å². The molecule has 2 amide bonds. The summed E-state index contributed by atoms with van der Waals surface area (Å²) in [6.07, 6.45) is 0.793. The van der Waals surface area contributed by atoms with E-state index in [9.17, 15) is 9.59 Å². The molecule has 2 heterocycles. The number of hydrogen-bond donors (Lipinski definition) is 0. The van der Waals surface area contributed by atoms with Crippen LogP contribution < -0.4 is 4.74 Å². The minimum atomic E-state index is -0.231. The van der Waals surface area contributed by atoms with E-state index >= 15 is 0 Å².